The van der Waals surface area contributed by atoms with Crippen molar-refractivity contribution in [2.45, 2.75) is 11.4 Å². The number of carboxylic acid groups (broad SMARTS) is 1. The molecule has 2 rings (SSSR count). The van der Waals surface area contributed by atoms with Crippen LogP contribution in [0.25, 0.3) is 0 Å². The van der Waals surface area contributed by atoms with Crippen LogP contribution in [0.15, 0.2) is 29.3 Å². The molecule has 0 saturated carbocycles. The molecule has 0 atom stereocenters. The molecule has 1 aromatic carbocycles. The number of rotatable bonds is 5. The second kappa shape index (κ2) is 5.70. The lowest BCUT2D eigenvalue weighted by Crippen LogP contribution is -2.01. The zero-order valence-corrected chi connectivity index (χ0v) is 10.6. The average molecular weight is 282 g/mol. The maximum Gasteiger partial charge on any atom is 0.358 e. The van der Waals surface area contributed by atoms with E-state index in [0.717, 1.165) is 4.90 Å². The van der Waals surface area contributed by atoms with Gasteiger partial charge in [-0.05, 0) is 18.2 Å². The fourth-order valence-electron chi connectivity index (χ4n) is 1.43. The molecule has 0 fully saturated rings. The fraction of sp³-hybridized carbons (Fsp3) is 0.182. The summed E-state index contributed by atoms with van der Waals surface area (Å²) < 4.78 is 14.5. The molecule has 1 aromatic heterocycles. The highest BCUT2D eigenvalue weighted by atomic mass is 32.2. The quantitative estimate of drug-likeness (QED) is 0.637. The van der Waals surface area contributed by atoms with E-state index < -0.39 is 5.97 Å². The maximum absolute atomic E-state index is 13.1. The third-order valence-corrected chi connectivity index (χ3v) is 3.20. The van der Waals surface area contributed by atoms with Crippen LogP contribution in [0.4, 0.5) is 10.1 Å². The molecule has 0 bridgehead atoms. The van der Waals surface area contributed by atoms with Gasteiger partial charge in [0.15, 0.2) is 5.69 Å². The summed E-state index contributed by atoms with van der Waals surface area (Å²) in [5, 5.41) is 15.9. The number of aryl methyl sites for hydroxylation is 1. The Morgan fingerprint density at radius 3 is 2.89 bits per heavy atom. The van der Waals surface area contributed by atoms with Crippen molar-refractivity contribution >= 4 is 23.4 Å². The molecule has 0 radical (unpaired) electrons. The van der Waals surface area contributed by atoms with Crippen LogP contribution >= 0.6 is 11.8 Å². The summed E-state index contributed by atoms with van der Waals surface area (Å²) in [7, 11) is 0. The molecule has 100 valence electrons. The number of hydrogen-bond acceptors (Lipinski definition) is 5. The summed E-state index contributed by atoms with van der Waals surface area (Å²) in [6.45, 7) is 0.474. The molecule has 0 aliphatic rings. The number of aromatic nitrogens is 3. The van der Waals surface area contributed by atoms with E-state index in [2.05, 4.69) is 10.3 Å². The molecule has 0 aliphatic heterocycles. The van der Waals surface area contributed by atoms with Crippen LogP contribution < -0.4 is 5.73 Å². The van der Waals surface area contributed by atoms with E-state index in [-0.39, 0.29) is 11.5 Å². The lowest BCUT2D eigenvalue weighted by molar-refractivity contribution is 0.0690. The summed E-state index contributed by atoms with van der Waals surface area (Å²) in [5.41, 5.74) is 5.81. The van der Waals surface area contributed by atoms with E-state index in [1.807, 2.05) is 0 Å². The minimum Gasteiger partial charge on any atom is -0.476 e. The molecular formula is C11H11FN4O2S. The van der Waals surface area contributed by atoms with E-state index in [1.165, 1.54) is 34.8 Å². The van der Waals surface area contributed by atoms with Crippen LogP contribution in [-0.4, -0.2) is 31.8 Å². The molecule has 0 saturated heterocycles. The first-order valence-electron chi connectivity index (χ1n) is 5.37. The van der Waals surface area contributed by atoms with Crippen LogP contribution in [0.3, 0.4) is 0 Å². The summed E-state index contributed by atoms with van der Waals surface area (Å²) >= 11 is 1.41. The predicted molar refractivity (Wildman–Crippen MR) is 68.5 cm³/mol. The Labute approximate surface area is 112 Å². The van der Waals surface area contributed by atoms with Gasteiger partial charge in [0.25, 0.3) is 0 Å². The Morgan fingerprint density at radius 1 is 1.47 bits per heavy atom. The number of nitrogen functional groups attached to an aromatic ring is 1. The third-order valence-electron chi connectivity index (χ3n) is 2.24. The Hall–Kier alpha value is -2.09. The molecule has 0 amide bonds. The van der Waals surface area contributed by atoms with Gasteiger partial charge >= 0.3 is 5.97 Å². The summed E-state index contributed by atoms with van der Waals surface area (Å²) in [5.74, 6) is -0.890. The minimum absolute atomic E-state index is 0.0972. The number of carboxylic acids is 1. The van der Waals surface area contributed by atoms with Gasteiger partial charge in [-0.25, -0.2) is 9.18 Å². The zero-order chi connectivity index (χ0) is 13.8. The molecule has 0 spiro atoms. The molecule has 0 unspecified atom stereocenters. The standard InChI is InChI=1S/C11H11FN4O2S/c12-7-3-8(13)5-9(4-7)19-2-1-16-6-10(11(17)18)14-15-16/h3-6H,1-2,13H2,(H,17,18). The number of carbonyl (C=O) groups is 1. The van der Waals surface area contributed by atoms with Gasteiger partial charge in [-0.3, -0.25) is 4.68 Å². The van der Waals surface area contributed by atoms with Crippen molar-refractivity contribution in [1.82, 2.24) is 15.0 Å². The Bertz CT molecular complexity index is 582. The molecule has 8 heteroatoms. The number of halogens is 1. The van der Waals surface area contributed by atoms with Crippen molar-refractivity contribution in [2.75, 3.05) is 11.5 Å². The van der Waals surface area contributed by atoms with Crippen molar-refractivity contribution in [3.63, 3.8) is 0 Å². The first-order chi connectivity index (χ1) is 9.04. The van der Waals surface area contributed by atoms with E-state index >= 15 is 0 Å². The molecule has 1 heterocycles. The average Bonchev–Trinajstić information content (AvgIpc) is 2.76. The molecule has 2 aromatic rings. The molecule has 6 nitrogen and oxygen atoms in total. The predicted octanol–water partition coefficient (Wildman–Crippen LogP) is 1.49. The van der Waals surface area contributed by atoms with Crippen LogP contribution in [-0.2, 0) is 6.54 Å². The summed E-state index contributed by atoms with van der Waals surface area (Å²) in [6.07, 6.45) is 1.35. The van der Waals surface area contributed by atoms with E-state index in [9.17, 15) is 9.18 Å². The molecule has 19 heavy (non-hydrogen) atoms. The topological polar surface area (TPSA) is 94.0 Å². The Kier molecular flexibility index (Phi) is 4.00. The van der Waals surface area contributed by atoms with Gasteiger partial charge in [0.05, 0.1) is 12.7 Å². The van der Waals surface area contributed by atoms with E-state index in [0.29, 0.717) is 18.0 Å². The number of nitrogens with zero attached hydrogens (tertiary/aromatic N) is 3. The number of benzene rings is 1. The SMILES string of the molecule is Nc1cc(F)cc(SCCn2cc(C(=O)O)nn2)c1. The van der Waals surface area contributed by atoms with Crippen LogP contribution in [0.2, 0.25) is 0 Å². The lowest BCUT2D eigenvalue weighted by Gasteiger charge is -2.03. The number of nitrogens with two attached hydrogens (primary N) is 1. The number of hydrogen-bond donors (Lipinski definition) is 2. The summed E-state index contributed by atoms with van der Waals surface area (Å²) in [6, 6.07) is 4.32. The van der Waals surface area contributed by atoms with Gasteiger partial charge in [0.1, 0.15) is 5.82 Å². The van der Waals surface area contributed by atoms with Crippen molar-refractivity contribution < 1.29 is 14.3 Å². The Morgan fingerprint density at radius 2 is 2.26 bits per heavy atom. The van der Waals surface area contributed by atoms with Crippen LogP contribution in [0.1, 0.15) is 10.5 Å². The number of anilines is 1. The highest BCUT2D eigenvalue weighted by molar-refractivity contribution is 7.99. The lowest BCUT2D eigenvalue weighted by atomic mass is 10.3. The van der Waals surface area contributed by atoms with Crippen molar-refractivity contribution in [2.24, 2.45) is 0 Å². The van der Waals surface area contributed by atoms with Crippen molar-refractivity contribution in [3.05, 3.63) is 35.9 Å². The molecule has 0 aliphatic carbocycles. The monoisotopic (exact) mass is 282 g/mol. The molecular weight excluding hydrogens is 271 g/mol. The zero-order valence-electron chi connectivity index (χ0n) is 9.78. The largest absolute Gasteiger partial charge is 0.476 e. The summed E-state index contributed by atoms with van der Waals surface area (Å²) in [4.78, 5) is 11.3. The first kappa shape index (κ1) is 13.3. The second-order valence-corrected chi connectivity index (χ2v) is 4.91. The maximum atomic E-state index is 13.1. The van der Waals surface area contributed by atoms with Gasteiger partial charge in [0.2, 0.25) is 0 Å². The van der Waals surface area contributed by atoms with Crippen molar-refractivity contribution in [1.29, 1.82) is 0 Å². The van der Waals surface area contributed by atoms with Gasteiger partial charge in [-0.15, -0.1) is 16.9 Å². The van der Waals surface area contributed by atoms with Gasteiger partial charge < -0.3 is 10.8 Å². The normalized spacial score (nSPS) is 10.6. The van der Waals surface area contributed by atoms with E-state index in [4.69, 9.17) is 10.8 Å². The highest BCUT2D eigenvalue weighted by Crippen LogP contribution is 2.22. The number of thioether (sulfide) groups is 1. The van der Waals surface area contributed by atoms with Gasteiger partial charge in [-0.2, -0.15) is 0 Å². The van der Waals surface area contributed by atoms with Gasteiger partial charge in [0, 0.05) is 16.3 Å². The fourth-order valence-corrected chi connectivity index (χ4v) is 2.36. The van der Waals surface area contributed by atoms with Crippen molar-refractivity contribution in [3.8, 4) is 0 Å². The van der Waals surface area contributed by atoms with Gasteiger partial charge in [-0.1, -0.05) is 5.21 Å². The Balaban J connectivity index is 1.90. The number of aromatic carboxylic acids is 1. The minimum atomic E-state index is -1.11. The first-order valence-corrected chi connectivity index (χ1v) is 6.35. The van der Waals surface area contributed by atoms with Crippen LogP contribution in [0, 0.1) is 5.82 Å². The van der Waals surface area contributed by atoms with Crippen LogP contribution in [0.5, 0.6) is 0 Å². The highest BCUT2D eigenvalue weighted by Gasteiger charge is 2.08. The second-order valence-electron chi connectivity index (χ2n) is 3.74. The van der Waals surface area contributed by atoms with E-state index in [1.54, 1.807) is 6.07 Å². The smallest absolute Gasteiger partial charge is 0.358 e. The third kappa shape index (κ3) is 3.68. The molecule has 3 N–H and O–H groups in total.